The van der Waals surface area contributed by atoms with Gasteiger partial charge in [0.2, 0.25) is 0 Å². The van der Waals surface area contributed by atoms with Crippen LogP contribution in [-0.4, -0.2) is 15.0 Å². The lowest BCUT2D eigenvalue weighted by molar-refractivity contribution is 0.669. The average molecular weight is 738 g/mol. The normalized spacial score (nSPS) is 13.3. The maximum atomic E-state index is 6.14. The molecule has 0 N–H and O–H groups in total. The van der Waals surface area contributed by atoms with Crippen molar-refractivity contribution in [1.82, 2.24) is 15.0 Å². The van der Waals surface area contributed by atoms with Crippen LogP contribution in [0, 0.1) is 0 Å². The van der Waals surface area contributed by atoms with Crippen molar-refractivity contribution in [2.24, 2.45) is 0 Å². The molecule has 9 aromatic carbocycles. The van der Waals surface area contributed by atoms with Gasteiger partial charge in [0.1, 0.15) is 11.2 Å². The summed E-state index contributed by atoms with van der Waals surface area (Å²) < 4.78 is 6.14. The van der Waals surface area contributed by atoms with Crippen LogP contribution in [0.15, 0.2) is 192 Å². The Morgan fingerprint density at radius 1 is 0.345 bits per heavy atom. The van der Waals surface area contributed by atoms with Gasteiger partial charge in [-0.3, -0.25) is 0 Å². The summed E-state index contributed by atoms with van der Waals surface area (Å²) in [5.41, 5.74) is 14.4. The lowest BCUT2D eigenvalue weighted by atomic mass is 9.70. The second-order valence-electron chi connectivity index (χ2n) is 15.5. The Morgan fingerprint density at radius 3 is 1.64 bits per heavy atom. The van der Waals surface area contributed by atoms with Crippen LogP contribution >= 0.6 is 0 Å². The fraction of sp³-hybridized carbons (Fsp3) is 0.0185. The van der Waals surface area contributed by atoms with Crippen LogP contribution < -0.4 is 0 Å². The van der Waals surface area contributed by atoms with Crippen molar-refractivity contribution in [2.75, 3.05) is 0 Å². The van der Waals surface area contributed by atoms with Crippen LogP contribution in [-0.2, 0) is 5.41 Å². The van der Waals surface area contributed by atoms with Gasteiger partial charge in [-0.05, 0) is 90.3 Å². The highest BCUT2D eigenvalue weighted by molar-refractivity contribution is 6.18. The number of nitrogens with zero attached hydrogens (tertiary/aromatic N) is 3. The third-order valence-corrected chi connectivity index (χ3v) is 12.5. The van der Waals surface area contributed by atoms with Crippen molar-refractivity contribution in [3.05, 3.63) is 210 Å². The monoisotopic (exact) mass is 737 g/mol. The lowest BCUT2D eigenvalue weighted by Crippen LogP contribution is -2.26. The van der Waals surface area contributed by atoms with E-state index < -0.39 is 5.41 Å². The van der Waals surface area contributed by atoms with Gasteiger partial charge in [0.05, 0.1) is 5.41 Å². The van der Waals surface area contributed by atoms with Crippen LogP contribution in [0.2, 0.25) is 0 Å². The van der Waals surface area contributed by atoms with E-state index in [4.69, 9.17) is 19.4 Å². The minimum absolute atomic E-state index is 0.397. The summed E-state index contributed by atoms with van der Waals surface area (Å²) >= 11 is 0. The molecule has 0 saturated heterocycles. The Hall–Kier alpha value is -7.69. The molecular formula is C54H31N3O. The van der Waals surface area contributed by atoms with Crippen molar-refractivity contribution >= 4 is 43.5 Å². The number of para-hydroxylation sites is 1. The first kappa shape index (κ1) is 31.5. The molecule has 13 rings (SSSR count). The Kier molecular flexibility index (Phi) is 6.34. The molecule has 0 radical (unpaired) electrons. The SMILES string of the molecule is c1ccc(-c2nc(-c3ccc(-c4cccc5c4-c4ccccc4C54c5cccc6ccc7cccc4c7c56)cc3)nc(-c3ccc4oc5ccccc5c4c3)n2)cc1. The van der Waals surface area contributed by atoms with E-state index in [0.717, 1.165) is 44.2 Å². The number of fused-ring (bicyclic) bond motifs is 10. The number of aromatic nitrogens is 3. The van der Waals surface area contributed by atoms with Gasteiger partial charge in [-0.1, -0.05) is 164 Å². The summed E-state index contributed by atoms with van der Waals surface area (Å²) in [5, 5.41) is 7.43. The third kappa shape index (κ3) is 4.21. The van der Waals surface area contributed by atoms with Gasteiger partial charge in [-0.15, -0.1) is 0 Å². The zero-order valence-electron chi connectivity index (χ0n) is 31.1. The smallest absolute Gasteiger partial charge is 0.164 e. The molecule has 1 spiro atoms. The van der Waals surface area contributed by atoms with Gasteiger partial charge in [-0.2, -0.15) is 0 Å². The van der Waals surface area contributed by atoms with E-state index in [2.05, 4.69) is 127 Å². The Bertz CT molecular complexity index is 3450. The minimum Gasteiger partial charge on any atom is -0.456 e. The number of hydrogen-bond acceptors (Lipinski definition) is 4. The van der Waals surface area contributed by atoms with Crippen molar-refractivity contribution in [2.45, 2.75) is 5.41 Å². The molecule has 4 nitrogen and oxygen atoms in total. The molecule has 0 aliphatic heterocycles. The number of benzene rings is 9. The van der Waals surface area contributed by atoms with E-state index in [1.165, 1.54) is 60.5 Å². The molecular weight excluding hydrogens is 707 g/mol. The predicted octanol–water partition coefficient (Wildman–Crippen LogP) is 13.4. The molecule has 11 aromatic rings. The average Bonchev–Trinajstić information content (AvgIpc) is 3.93. The predicted molar refractivity (Wildman–Crippen MR) is 235 cm³/mol. The molecule has 0 unspecified atom stereocenters. The maximum absolute atomic E-state index is 6.14. The fourth-order valence-corrected chi connectivity index (χ4v) is 10.1. The standard InChI is InChI=1S/C54H31N3O/c1-2-11-35(12-3-1)51-55-52(57-53(56-51)37-29-30-47-41(31-37)39-15-5-7-22-46(39)58-47)36-27-23-32(24-28-36)38-17-10-21-45-50(38)40-16-4-6-18-42(40)54(45)43-19-8-13-33-25-26-34-14-9-20-44(54)49(34)48(33)43/h1-31H. The maximum Gasteiger partial charge on any atom is 0.164 e. The molecule has 0 amide bonds. The molecule has 0 bridgehead atoms. The largest absolute Gasteiger partial charge is 0.456 e. The molecule has 0 fully saturated rings. The molecule has 2 aromatic heterocycles. The molecule has 58 heavy (non-hydrogen) atoms. The highest BCUT2D eigenvalue weighted by Gasteiger charge is 2.51. The molecule has 268 valence electrons. The Labute approximate surface area is 333 Å². The first-order valence-corrected chi connectivity index (χ1v) is 19.8. The first-order chi connectivity index (χ1) is 28.7. The van der Waals surface area contributed by atoms with Crippen molar-refractivity contribution in [1.29, 1.82) is 0 Å². The summed E-state index contributed by atoms with van der Waals surface area (Å²) in [6, 6.07) is 67.3. The Morgan fingerprint density at radius 2 is 0.879 bits per heavy atom. The second kappa shape index (κ2) is 11.7. The van der Waals surface area contributed by atoms with Crippen LogP contribution in [0.5, 0.6) is 0 Å². The molecule has 2 heterocycles. The highest BCUT2D eigenvalue weighted by atomic mass is 16.3. The van der Waals surface area contributed by atoms with Crippen molar-refractivity contribution < 1.29 is 4.42 Å². The van der Waals surface area contributed by atoms with Gasteiger partial charge < -0.3 is 4.42 Å². The number of furan rings is 1. The quantitative estimate of drug-likeness (QED) is 0.169. The summed E-state index contributed by atoms with van der Waals surface area (Å²) in [4.78, 5) is 15.2. The first-order valence-electron chi connectivity index (χ1n) is 19.8. The van der Waals surface area contributed by atoms with Crippen molar-refractivity contribution in [3.8, 4) is 56.4 Å². The topological polar surface area (TPSA) is 51.8 Å². The number of hydrogen-bond donors (Lipinski definition) is 0. The number of rotatable bonds is 4. The highest BCUT2D eigenvalue weighted by Crippen LogP contribution is 2.63. The van der Waals surface area contributed by atoms with Crippen LogP contribution in [0.3, 0.4) is 0 Å². The molecule has 0 saturated carbocycles. The van der Waals surface area contributed by atoms with Gasteiger partial charge in [-0.25, -0.2) is 15.0 Å². The van der Waals surface area contributed by atoms with Gasteiger partial charge in [0.25, 0.3) is 0 Å². The summed E-state index contributed by atoms with van der Waals surface area (Å²) in [6.45, 7) is 0. The summed E-state index contributed by atoms with van der Waals surface area (Å²) in [7, 11) is 0. The minimum atomic E-state index is -0.397. The van der Waals surface area contributed by atoms with Gasteiger partial charge in [0.15, 0.2) is 17.5 Å². The van der Waals surface area contributed by atoms with Gasteiger partial charge in [0, 0.05) is 27.5 Å². The molecule has 0 atom stereocenters. The van der Waals surface area contributed by atoms with E-state index in [-0.39, 0.29) is 0 Å². The van der Waals surface area contributed by atoms with Crippen LogP contribution in [0.4, 0.5) is 0 Å². The van der Waals surface area contributed by atoms with E-state index in [0.29, 0.717) is 17.5 Å². The Balaban J connectivity index is 0.966. The fourth-order valence-electron chi connectivity index (χ4n) is 10.1. The molecule has 2 aliphatic rings. The van der Waals surface area contributed by atoms with Gasteiger partial charge >= 0.3 is 0 Å². The molecule has 4 heteroatoms. The summed E-state index contributed by atoms with van der Waals surface area (Å²) in [6.07, 6.45) is 0. The van der Waals surface area contributed by atoms with Crippen molar-refractivity contribution in [3.63, 3.8) is 0 Å². The molecule has 2 aliphatic carbocycles. The lowest BCUT2D eigenvalue weighted by Gasteiger charge is -2.31. The second-order valence-corrected chi connectivity index (χ2v) is 15.5. The third-order valence-electron chi connectivity index (χ3n) is 12.5. The van der Waals surface area contributed by atoms with Crippen LogP contribution in [0.25, 0.3) is 99.9 Å². The zero-order valence-corrected chi connectivity index (χ0v) is 31.1. The summed E-state index contributed by atoms with van der Waals surface area (Å²) in [5.74, 6) is 1.87. The van der Waals surface area contributed by atoms with E-state index in [1.54, 1.807) is 0 Å². The zero-order chi connectivity index (χ0) is 38.0. The van der Waals surface area contributed by atoms with E-state index in [1.807, 2.05) is 60.7 Å². The van der Waals surface area contributed by atoms with E-state index >= 15 is 0 Å². The van der Waals surface area contributed by atoms with E-state index in [9.17, 15) is 0 Å². The van der Waals surface area contributed by atoms with Crippen LogP contribution in [0.1, 0.15) is 22.3 Å².